The van der Waals surface area contributed by atoms with Crippen LogP contribution in [-0.4, -0.2) is 21.4 Å². The number of aromatic nitrogens is 2. The van der Waals surface area contributed by atoms with Crippen molar-refractivity contribution in [3.05, 3.63) is 11.3 Å². The minimum absolute atomic E-state index is 0.171. The highest BCUT2D eigenvalue weighted by molar-refractivity contribution is 9.09. The molecule has 0 bridgehead atoms. The van der Waals surface area contributed by atoms with Gasteiger partial charge in [0.15, 0.2) is 0 Å². The Morgan fingerprint density at radius 2 is 2.38 bits per heavy atom. The van der Waals surface area contributed by atoms with E-state index in [0.717, 1.165) is 23.0 Å². The zero-order chi connectivity index (χ0) is 9.42. The lowest BCUT2D eigenvalue weighted by atomic mass is 10.1. The second kappa shape index (κ2) is 3.14. The predicted octanol–water partition coefficient (Wildman–Crippen LogP) is 1.07. The monoisotopic (exact) mass is 243 g/mol. The van der Waals surface area contributed by atoms with Gasteiger partial charge >= 0.3 is 0 Å². The molecule has 0 aromatic carbocycles. The van der Waals surface area contributed by atoms with E-state index >= 15 is 0 Å². The number of ether oxygens (including phenoxy) is 1. The summed E-state index contributed by atoms with van der Waals surface area (Å²) in [5, 5.41) is 0.808. The van der Waals surface area contributed by atoms with Gasteiger partial charge in [0.1, 0.15) is 6.10 Å². The van der Waals surface area contributed by atoms with E-state index in [1.54, 1.807) is 0 Å². The Kier molecular flexibility index (Phi) is 2.11. The van der Waals surface area contributed by atoms with Gasteiger partial charge in [-0.05, 0) is 6.92 Å². The lowest BCUT2D eigenvalue weighted by molar-refractivity contribution is 0.252. The maximum Gasteiger partial charge on any atom is 0.223 e. The molecule has 1 aliphatic rings. The lowest BCUT2D eigenvalue weighted by Gasteiger charge is -2.03. The van der Waals surface area contributed by atoms with Crippen LogP contribution in [0.15, 0.2) is 0 Å². The third kappa shape index (κ3) is 1.48. The van der Waals surface area contributed by atoms with Gasteiger partial charge in [-0.25, -0.2) is 4.98 Å². The topological polar surface area (TPSA) is 61.0 Å². The van der Waals surface area contributed by atoms with Gasteiger partial charge in [0.05, 0.1) is 5.69 Å². The van der Waals surface area contributed by atoms with E-state index in [9.17, 15) is 0 Å². The molecule has 4 nitrogen and oxygen atoms in total. The SMILES string of the molecule is Cc1nc(N)nc2c1C[C@@H](CBr)O2. The Labute approximate surface area is 84.6 Å². The van der Waals surface area contributed by atoms with Crippen LogP contribution in [0.3, 0.4) is 0 Å². The summed E-state index contributed by atoms with van der Waals surface area (Å²) in [6.45, 7) is 1.93. The standard InChI is InChI=1S/C8H10BrN3O/c1-4-6-2-5(3-9)13-7(6)12-8(10)11-4/h5H,2-3H2,1H3,(H2,10,11,12)/t5-/m0/s1. The molecule has 0 fully saturated rings. The van der Waals surface area contributed by atoms with Gasteiger partial charge < -0.3 is 10.5 Å². The van der Waals surface area contributed by atoms with Crippen LogP contribution < -0.4 is 10.5 Å². The molecular formula is C8H10BrN3O. The summed E-state index contributed by atoms with van der Waals surface area (Å²) in [5.41, 5.74) is 7.51. The van der Waals surface area contributed by atoms with Crippen LogP contribution in [0.2, 0.25) is 0 Å². The largest absolute Gasteiger partial charge is 0.473 e. The molecule has 0 spiro atoms. The molecule has 13 heavy (non-hydrogen) atoms. The zero-order valence-corrected chi connectivity index (χ0v) is 8.84. The quantitative estimate of drug-likeness (QED) is 0.750. The summed E-state index contributed by atoms with van der Waals surface area (Å²) in [6.07, 6.45) is 1.04. The second-order valence-electron chi connectivity index (χ2n) is 3.05. The number of hydrogen-bond acceptors (Lipinski definition) is 4. The van der Waals surface area contributed by atoms with Crippen molar-refractivity contribution in [2.75, 3.05) is 11.1 Å². The van der Waals surface area contributed by atoms with Crippen molar-refractivity contribution in [1.82, 2.24) is 9.97 Å². The summed E-state index contributed by atoms with van der Waals surface area (Å²) in [7, 11) is 0. The van der Waals surface area contributed by atoms with Crippen molar-refractivity contribution in [2.45, 2.75) is 19.4 Å². The zero-order valence-electron chi connectivity index (χ0n) is 7.25. The van der Waals surface area contributed by atoms with Crippen LogP contribution in [-0.2, 0) is 6.42 Å². The minimum Gasteiger partial charge on any atom is -0.473 e. The summed E-state index contributed by atoms with van der Waals surface area (Å²) in [4.78, 5) is 8.12. The molecule has 1 atom stereocenters. The number of anilines is 1. The van der Waals surface area contributed by atoms with Crippen molar-refractivity contribution < 1.29 is 4.74 Å². The minimum atomic E-state index is 0.171. The van der Waals surface area contributed by atoms with Crippen molar-refractivity contribution in [3.63, 3.8) is 0 Å². The van der Waals surface area contributed by atoms with E-state index in [1.807, 2.05) is 6.92 Å². The molecule has 0 saturated heterocycles. The number of nitrogens with zero attached hydrogens (tertiary/aromatic N) is 2. The summed E-state index contributed by atoms with van der Waals surface area (Å²) in [6, 6.07) is 0. The molecule has 2 N–H and O–H groups in total. The van der Waals surface area contributed by atoms with Crippen molar-refractivity contribution >= 4 is 21.9 Å². The second-order valence-corrected chi connectivity index (χ2v) is 3.70. The van der Waals surface area contributed by atoms with Crippen LogP contribution in [0.4, 0.5) is 5.95 Å². The van der Waals surface area contributed by atoms with E-state index in [1.165, 1.54) is 0 Å². The predicted molar refractivity (Wildman–Crippen MR) is 53.1 cm³/mol. The Morgan fingerprint density at radius 3 is 3.08 bits per heavy atom. The number of nitrogens with two attached hydrogens (primary N) is 1. The van der Waals surface area contributed by atoms with Crippen molar-refractivity contribution in [3.8, 4) is 5.88 Å². The molecular weight excluding hydrogens is 234 g/mol. The molecule has 0 amide bonds. The number of nitrogen functional groups attached to an aromatic ring is 1. The number of rotatable bonds is 1. The molecule has 0 aliphatic carbocycles. The summed E-state index contributed by atoms with van der Waals surface area (Å²) < 4.78 is 5.54. The van der Waals surface area contributed by atoms with Gasteiger partial charge in [-0.3, -0.25) is 0 Å². The molecule has 5 heteroatoms. The molecule has 1 aliphatic heterocycles. The Bertz CT molecular complexity index is 342. The first kappa shape index (κ1) is 8.74. The number of fused-ring (bicyclic) bond motifs is 1. The maximum absolute atomic E-state index is 5.54. The normalized spacial score (nSPS) is 19.7. The Morgan fingerprint density at radius 1 is 1.62 bits per heavy atom. The highest BCUT2D eigenvalue weighted by Gasteiger charge is 2.25. The summed E-state index contributed by atoms with van der Waals surface area (Å²) in [5.74, 6) is 0.931. The molecule has 1 aromatic heterocycles. The Balaban J connectivity index is 2.40. The van der Waals surface area contributed by atoms with Gasteiger partial charge in [-0.15, -0.1) is 0 Å². The van der Waals surface area contributed by atoms with Gasteiger partial charge in [0.25, 0.3) is 0 Å². The third-order valence-corrected chi connectivity index (χ3v) is 2.80. The average Bonchev–Trinajstić information content (AvgIpc) is 2.47. The highest BCUT2D eigenvalue weighted by atomic mass is 79.9. The van der Waals surface area contributed by atoms with Gasteiger partial charge in [0, 0.05) is 17.3 Å². The van der Waals surface area contributed by atoms with E-state index < -0.39 is 0 Å². The van der Waals surface area contributed by atoms with Gasteiger partial charge in [0.2, 0.25) is 11.8 Å². The fourth-order valence-corrected chi connectivity index (χ4v) is 1.80. The van der Waals surface area contributed by atoms with E-state index in [2.05, 4.69) is 25.9 Å². The van der Waals surface area contributed by atoms with Crippen LogP contribution >= 0.6 is 15.9 Å². The van der Waals surface area contributed by atoms with Gasteiger partial charge in [-0.2, -0.15) is 4.98 Å². The van der Waals surface area contributed by atoms with E-state index in [0.29, 0.717) is 5.88 Å². The van der Waals surface area contributed by atoms with Crippen LogP contribution in [0.5, 0.6) is 5.88 Å². The maximum atomic E-state index is 5.54. The Hall–Kier alpha value is -0.840. The van der Waals surface area contributed by atoms with Crippen LogP contribution in [0.25, 0.3) is 0 Å². The van der Waals surface area contributed by atoms with Crippen molar-refractivity contribution in [2.24, 2.45) is 0 Å². The molecule has 2 rings (SSSR count). The first-order valence-electron chi connectivity index (χ1n) is 4.06. The van der Waals surface area contributed by atoms with Crippen LogP contribution in [0.1, 0.15) is 11.3 Å². The van der Waals surface area contributed by atoms with Crippen molar-refractivity contribution in [1.29, 1.82) is 0 Å². The molecule has 0 unspecified atom stereocenters. The molecule has 0 saturated carbocycles. The third-order valence-electron chi connectivity index (χ3n) is 2.08. The summed E-state index contributed by atoms with van der Waals surface area (Å²) >= 11 is 3.37. The molecule has 0 radical (unpaired) electrons. The number of aryl methyl sites for hydroxylation is 1. The molecule has 1 aromatic rings. The molecule has 70 valence electrons. The smallest absolute Gasteiger partial charge is 0.223 e. The average molecular weight is 244 g/mol. The van der Waals surface area contributed by atoms with E-state index in [4.69, 9.17) is 10.5 Å². The van der Waals surface area contributed by atoms with E-state index in [-0.39, 0.29) is 12.1 Å². The fourth-order valence-electron chi connectivity index (χ4n) is 1.44. The highest BCUT2D eigenvalue weighted by Crippen LogP contribution is 2.29. The van der Waals surface area contributed by atoms with Crippen LogP contribution in [0, 0.1) is 6.92 Å². The number of hydrogen-bond donors (Lipinski definition) is 1. The first-order chi connectivity index (χ1) is 6.20. The fraction of sp³-hybridized carbons (Fsp3) is 0.500. The number of alkyl halides is 1. The number of halogens is 1. The lowest BCUT2D eigenvalue weighted by Crippen LogP contribution is -2.14. The van der Waals surface area contributed by atoms with Gasteiger partial charge in [-0.1, -0.05) is 15.9 Å². The first-order valence-corrected chi connectivity index (χ1v) is 5.18. The molecule has 2 heterocycles.